The van der Waals surface area contributed by atoms with E-state index in [-0.39, 0.29) is 17.3 Å². The maximum Gasteiger partial charge on any atom is 0.312 e. The van der Waals surface area contributed by atoms with E-state index in [0.29, 0.717) is 6.61 Å². The Bertz CT molecular complexity index is 208. The SMILES string of the molecule is COCC(C(=O)OC(C)(C)C)C(C)(C)C. The first kappa shape index (κ1) is 14.4. The first-order chi connectivity index (χ1) is 6.58. The Morgan fingerprint density at radius 1 is 1.13 bits per heavy atom. The average Bonchev–Trinajstić information content (AvgIpc) is 1.93. The van der Waals surface area contributed by atoms with Gasteiger partial charge in [-0.15, -0.1) is 0 Å². The first-order valence-electron chi connectivity index (χ1n) is 5.29. The van der Waals surface area contributed by atoms with Gasteiger partial charge in [0.15, 0.2) is 0 Å². The van der Waals surface area contributed by atoms with E-state index in [9.17, 15) is 4.79 Å². The number of esters is 1. The Hall–Kier alpha value is -0.570. The zero-order valence-electron chi connectivity index (χ0n) is 11.0. The molecule has 3 heteroatoms. The third kappa shape index (κ3) is 5.78. The van der Waals surface area contributed by atoms with Crippen LogP contribution < -0.4 is 0 Å². The van der Waals surface area contributed by atoms with Crippen LogP contribution in [0.15, 0.2) is 0 Å². The van der Waals surface area contributed by atoms with Gasteiger partial charge in [0.05, 0.1) is 12.5 Å². The minimum Gasteiger partial charge on any atom is -0.460 e. The molecule has 0 radical (unpaired) electrons. The summed E-state index contributed by atoms with van der Waals surface area (Å²) < 4.78 is 10.4. The highest BCUT2D eigenvalue weighted by Gasteiger charge is 2.34. The number of carbonyl (C=O) groups excluding carboxylic acids is 1. The number of methoxy groups -OCH3 is 1. The van der Waals surface area contributed by atoms with Crippen LogP contribution in [0.4, 0.5) is 0 Å². The first-order valence-corrected chi connectivity index (χ1v) is 5.29. The molecule has 0 amide bonds. The highest BCUT2D eigenvalue weighted by Crippen LogP contribution is 2.28. The maximum absolute atomic E-state index is 11.9. The Kier molecular flexibility index (Phi) is 4.78. The topological polar surface area (TPSA) is 35.5 Å². The molecule has 1 atom stereocenters. The molecule has 0 saturated carbocycles. The summed E-state index contributed by atoms with van der Waals surface area (Å²) in [6.45, 7) is 12.1. The maximum atomic E-state index is 11.9. The van der Waals surface area contributed by atoms with Crippen LogP contribution in [-0.2, 0) is 14.3 Å². The van der Waals surface area contributed by atoms with Gasteiger partial charge in [-0.2, -0.15) is 0 Å². The predicted molar refractivity (Wildman–Crippen MR) is 60.7 cm³/mol. The van der Waals surface area contributed by atoms with Crippen molar-refractivity contribution < 1.29 is 14.3 Å². The average molecular weight is 216 g/mol. The van der Waals surface area contributed by atoms with Crippen molar-refractivity contribution in [2.45, 2.75) is 47.1 Å². The summed E-state index contributed by atoms with van der Waals surface area (Å²) in [5.74, 6) is -0.404. The van der Waals surface area contributed by atoms with Gasteiger partial charge >= 0.3 is 5.97 Å². The van der Waals surface area contributed by atoms with Crippen molar-refractivity contribution in [3.63, 3.8) is 0 Å². The summed E-state index contributed by atoms with van der Waals surface area (Å²) >= 11 is 0. The standard InChI is InChI=1S/C12H24O3/c1-11(2,3)9(8-14-7)10(13)15-12(4,5)6/h9H,8H2,1-7H3. The molecular formula is C12H24O3. The molecule has 15 heavy (non-hydrogen) atoms. The van der Waals surface area contributed by atoms with Crippen molar-refractivity contribution in [3.05, 3.63) is 0 Å². The zero-order valence-corrected chi connectivity index (χ0v) is 11.0. The van der Waals surface area contributed by atoms with Gasteiger partial charge in [-0.25, -0.2) is 0 Å². The van der Waals surface area contributed by atoms with Crippen LogP contribution in [0.5, 0.6) is 0 Å². The normalized spacial score (nSPS) is 14.9. The van der Waals surface area contributed by atoms with Gasteiger partial charge in [-0.05, 0) is 26.2 Å². The van der Waals surface area contributed by atoms with Gasteiger partial charge in [0, 0.05) is 7.11 Å². The van der Waals surface area contributed by atoms with E-state index in [1.54, 1.807) is 7.11 Å². The Balaban J connectivity index is 4.58. The fraction of sp³-hybridized carbons (Fsp3) is 0.917. The lowest BCUT2D eigenvalue weighted by Gasteiger charge is -2.31. The van der Waals surface area contributed by atoms with Crippen molar-refractivity contribution in [2.75, 3.05) is 13.7 Å². The molecule has 0 heterocycles. The molecule has 0 aromatic heterocycles. The smallest absolute Gasteiger partial charge is 0.312 e. The summed E-state index contributed by atoms with van der Waals surface area (Å²) in [5, 5.41) is 0. The van der Waals surface area contributed by atoms with Crippen LogP contribution in [-0.4, -0.2) is 25.3 Å². The molecule has 0 aliphatic heterocycles. The molecule has 3 nitrogen and oxygen atoms in total. The van der Waals surface area contributed by atoms with Gasteiger partial charge in [0.25, 0.3) is 0 Å². The molecule has 0 rings (SSSR count). The second-order valence-corrected chi connectivity index (χ2v) is 5.91. The predicted octanol–water partition coefficient (Wildman–Crippen LogP) is 2.64. The molecule has 0 saturated heterocycles. The van der Waals surface area contributed by atoms with Crippen LogP contribution in [0.1, 0.15) is 41.5 Å². The molecule has 1 unspecified atom stereocenters. The third-order valence-electron chi connectivity index (χ3n) is 2.07. The van der Waals surface area contributed by atoms with Crippen molar-refractivity contribution in [3.8, 4) is 0 Å². The Morgan fingerprint density at radius 3 is 1.87 bits per heavy atom. The van der Waals surface area contributed by atoms with Crippen molar-refractivity contribution >= 4 is 5.97 Å². The van der Waals surface area contributed by atoms with Gasteiger partial charge in [0.1, 0.15) is 5.60 Å². The highest BCUT2D eigenvalue weighted by atomic mass is 16.6. The van der Waals surface area contributed by atoms with Gasteiger partial charge in [-0.1, -0.05) is 20.8 Å². The molecular weight excluding hydrogens is 192 g/mol. The highest BCUT2D eigenvalue weighted by molar-refractivity contribution is 5.73. The molecule has 0 aliphatic rings. The van der Waals surface area contributed by atoms with Crippen LogP contribution in [0.25, 0.3) is 0 Å². The second kappa shape index (κ2) is 4.97. The van der Waals surface area contributed by atoms with Gasteiger partial charge in [-0.3, -0.25) is 4.79 Å². The summed E-state index contributed by atoms with van der Waals surface area (Å²) in [6, 6.07) is 0. The van der Waals surface area contributed by atoms with Gasteiger partial charge < -0.3 is 9.47 Å². The lowest BCUT2D eigenvalue weighted by molar-refractivity contribution is -0.166. The third-order valence-corrected chi connectivity index (χ3v) is 2.07. The monoisotopic (exact) mass is 216 g/mol. The quantitative estimate of drug-likeness (QED) is 0.680. The van der Waals surface area contributed by atoms with E-state index in [2.05, 4.69) is 0 Å². The zero-order chi connectivity index (χ0) is 12.3. The molecule has 0 aromatic rings. The van der Waals surface area contributed by atoms with Crippen LogP contribution in [0.2, 0.25) is 0 Å². The minimum atomic E-state index is -0.436. The molecule has 0 aliphatic carbocycles. The summed E-state index contributed by atoms with van der Waals surface area (Å²) in [4.78, 5) is 11.9. The molecule has 0 bridgehead atoms. The van der Waals surface area contributed by atoms with Crippen LogP contribution in [0, 0.1) is 11.3 Å². The van der Waals surface area contributed by atoms with E-state index in [0.717, 1.165) is 0 Å². The second-order valence-electron chi connectivity index (χ2n) is 5.91. The van der Waals surface area contributed by atoms with Crippen molar-refractivity contribution in [2.24, 2.45) is 11.3 Å². The fourth-order valence-corrected chi connectivity index (χ4v) is 1.21. The molecule has 0 aromatic carbocycles. The van der Waals surface area contributed by atoms with Crippen molar-refractivity contribution in [1.29, 1.82) is 0 Å². The van der Waals surface area contributed by atoms with E-state index in [4.69, 9.17) is 9.47 Å². The molecule has 90 valence electrons. The number of hydrogen-bond donors (Lipinski definition) is 0. The number of carbonyl (C=O) groups is 1. The van der Waals surface area contributed by atoms with Crippen LogP contribution in [0.3, 0.4) is 0 Å². The fourth-order valence-electron chi connectivity index (χ4n) is 1.21. The van der Waals surface area contributed by atoms with E-state index >= 15 is 0 Å². The number of ether oxygens (including phenoxy) is 2. The van der Waals surface area contributed by atoms with Crippen LogP contribution >= 0.6 is 0 Å². The molecule has 0 fully saturated rings. The van der Waals surface area contributed by atoms with E-state index in [1.807, 2.05) is 41.5 Å². The van der Waals surface area contributed by atoms with Gasteiger partial charge in [0.2, 0.25) is 0 Å². The minimum absolute atomic E-state index is 0.141. The van der Waals surface area contributed by atoms with Crippen molar-refractivity contribution in [1.82, 2.24) is 0 Å². The Morgan fingerprint density at radius 2 is 1.60 bits per heavy atom. The lowest BCUT2D eigenvalue weighted by Crippen LogP contribution is -2.37. The number of hydrogen-bond acceptors (Lipinski definition) is 3. The van der Waals surface area contributed by atoms with E-state index < -0.39 is 5.60 Å². The lowest BCUT2D eigenvalue weighted by atomic mass is 9.81. The van der Waals surface area contributed by atoms with E-state index in [1.165, 1.54) is 0 Å². The largest absolute Gasteiger partial charge is 0.460 e. The number of rotatable bonds is 3. The summed E-state index contributed by atoms with van der Waals surface area (Å²) in [5.41, 5.74) is -0.577. The molecule has 0 spiro atoms. The summed E-state index contributed by atoms with van der Waals surface area (Å²) in [7, 11) is 1.60. The Labute approximate surface area is 93.1 Å². The summed E-state index contributed by atoms with van der Waals surface area (Å²) in [6.07, 6.45) is 0. The molecule has 0 N–H and O–H groups in total.